The SMILES string of the molecule is CC1CCc2sc(C(=O)OCC(=O)Nc3c(C#N)oc4ccccc34)cc2C1. The van der Waals surface area contributed by atoms with Crippen LogP contribution in [0.25, 0.3) is 11.0 Å². The highest BCUT2D eigenvalue weighted by Crippen LogP contribution is 2.33. The van der Waals surface area contributed by atoms with Gasteiger partial charge in [-0.25, -0.2) is 4.79 Å². The van der Waals surface area contributed by atoms with Gasteiger partial charge in [0.25, 0.3) is 5.91 Å². The average molecular weight is 394 g/mol. The molecule has 2 aromatic heterocycles. The summed E-state index contributed by atoms with van der Waals surface area (Å²) in [7, 11) is 0. The summed E-state index contributed by atoms with van der Waals surface area (Å²) in [6.07, 6.45) is 3.09. The number of thiophene rings is 1. The minimum Gasteiger partial charge on any atom is -0.451 e. The zero-order valence-electron chi connectivity index (χ0n) is 15.3. The quantitative estimate of drug-likeness (QED) is 0.667. The second kappa shape index (κ2) is 7.49. The van der Waals surface area contributed by atoms with Gasteiger partial charge in [-0.05, 0) is 48.9 Å². The number of para-hydroxylation sites is 1. The minimum absolute atomic E-state index is 0.0147. The summed E-state index contributed by atoms with van der Waals surface area (Å²) in [5.74, 6) is -0.386. The van der Waals surface area contributed by atoms with Gasteiger partial charge in [-0.1, -0.05) is 19.1 Å². The van der Waals surface area contributed by atoms with Crippen molar-refractivity contribution in [3.8, 4) is 6.07 Å². The molecule has 1 atom stereocenters. The number of nitriles is 1. The fourth-order valence-electron chi connectivity index (χ4n) is 3.43. The smallest absolute Gasteiger partial charge is 0.348 e. The normalized spacial score (nSPS) is 15.6. The summed E-state index contributed by atoms with van der Waals surface area (Å²) >= 11 is 1.45. The van der Waals surface area contributed by atoms with E-state index in [1.807, 2.05) is 12.1 Å². The third-order valence-corrected chi connectivity index (χ3v) is 6.04. The molecule has 1 aromatic carbocycles. The first kappa shape index (κ1) is 18.3. The number of fused-ring (bicyclic) bond motifs is 2. The number of hydrogen-bond acceptors (Lipinski definition) is 6. The molecule has 6 nitrogen and oxygen atoms in total. The Morgan fingerprint density at radius 3 is 3.04 bits per heavy atom. The summed E-state index contributed by atoms with van der Waals surface area (Å²) < 4.78 is 10.6. The first-order valence-corrected chi connectivity index (χ1v) is 9.87. The van der Waals surface area contributed by atoms with Crippen molar-refractivity contribution >= 4 is 39.9 Å². The highest BCUT2D eigenvalue weighted by molar-refractivity contribution is 7.14. The van der Waals surface area contributed by atoms with E-state index in [4.69, 9.17) is 9.15 Å². The molecule has 2 heterocycles. The second-order valence-corrected chi connectivity index (χ2v) is 8.08. The molecule has 1 amide bonds. The van der Waals surface area contributed by atoms with Gasteiger partial charge in [-0.15, -0.1) is 11.3 Å². The number of benzene rings is 1. The van der Waals surface area contributed by atoms with Gasteiger partial charge in [0.2, 0.25) is 5.76 Å². The van der Waals surface area contributed by atoms with Crippen molar-refractivity contribution in [2.24, 2.45) is 5.92 Å². The number of amides is 1. The van der Waals surface area contributed by atoms with Gasteiger partial charge in [-0.2, -0.15) is 5.26 Å². The number of carbonyl (C=O) groups is 2. The maximum atomic E-state index is 12.3. The fraction of sp³-hybridized carbons (Fsp3) is 0.286. The Morgan fingerprint density at radius 2 is 2.21 bits per heavy atom. The summed E-state index contributed by atoms with van der Waals surface area (Å²) in [5.41, 5.74) is 2.01. The molecule has 0 saturated carbocycles. The Labute approximate surface area is 165 Å². The van der Waals surface area contributed by atoms with E-state index in [1.54, 1.807) is 24.3 Å². The standard InChI is InChI=1S/C21H18N2O4S/c1-12-6-7-17-13(8-12)9-18(28-17)21(25)26-11-19(24)23-20-14-4-2-3-5-15(14)27-16(20)10-22/h2-5,9,12H,6-8,11H2,1H3,(H,23,24). The van der Waals surface area contributed by atoms with Crippen molar-refractivity contribution in [1.29, 1.82) is 5.26 Å². The van der Waals surface area contributed by atoms with Gasteiger partial charge in [0.15, 0.2) is 6.61 Å². The van der Waals surface area contributed by atoms with Crippen LogP contribution in [-0.4, -0.2) is 18.5 Å². The van der Waals surface area contributed by atoms with Gasteiger partial charge in [0.05, 0.1) is 0 Å². The van der Waals surface area contributed by atoms with Gasteiger partial charge in [-0.3, -0.25) is 4.79 Å². The molecule has 1 aliphatic rings. The maximum Gasteiger partial charge on any atom is 0.348 e. The number of anilines is 1. The molecule has 7 heteroatoms. The molecule has 0 fully saturated rings. The Kier molecular flexibility index (Phi) is 4.88. The lowest BCUT2D eigenvalue weighted by molar-refractivity contribution is -0.119. The number of aryl methyl sites for hydroxylation is 1. The number of carbonyl (C=O) groups excluding carboxylic acids is 2. The van der Waals surface area contributed by atoms with Crippen LogP contribution in [0.2, 0.25) is 0 Å². The molecular formula is C21H18N2O4S. The van der Waals surface area contributed by atoms with Crippen LogP contribution in [0.3, 0.4) is 0 Å². The van der Waals surface area contributed by atoms with Crippen LogP contribution in [0, 0.1) is 17.2 Å². The number of rotatable bonds is 4. The number of nitrogens with one attached hydrogen (secondary N) is 1. The summed E-state index contributed by atoms with van der Waals surface area (Å²) in [4.78, 5) is 26.3. The predicted octanol–water partition coefficient (Wildman–Crippen LogP) is 4.29. The molecule has 0 bridgehead atoms. The van der Waals surface area contributed by atoms with Gasteiger partial charge >= 0.3 is 5.97 Å². The molecule has 0 radical (unpaired) electrons. The maximum absolute atomic E-state index is 12.3. The van der Waals surface area contributed by atoms with E-state index in [9.17, 15) is 14.9 Å². The molecule has 0 aliphatic heterocycles. The highest BCUT2D eigenvalue weighted by Gasteiger charge is 2.22. The predicted molar refractivity (Wildman–Crippen MR) is 105 cm³/mol. The van der Waals surface area contributed by atoms with Crippen molar-refractivity contribution in [3.63, 3.8) is 0 Å². The number of hydrogen-bond donors (Lipinski definition) is 1. The zero-order valence-corrected chi connectivity index (χ0v) is 16.1. The topological polar surface area (TPSA) is 92.3 Å². The van der Waals surface area contributed by atoms with Crippen LogP contribution >= 0.6 is 11.3 Å². The molecule has 28 heavy (non-hydrogen) atoms. The number of nitrogens with zero attached hydrogens (tertiary/aromatic N) is 1. The first-order chi connectivity index (χ1) is 13.5. The van der Waals surface area contributed by atoms with E-state index < -0.39 is 18.5 Å². The number of ether oxygens (including phenoxy) is 1. The van der Waals surface area contributed by atoms with Crippen LogP contribution in [0.5, 0.6) is 0 Å². The van der Waals surface area contributed by atoms with Crippen LogP contribution < -0.4 is 5.32 Å². The van der Waals surface area contributed by atoms with Crippen LogP contribution in [-0.2, 0) is 22.4 Å². The monoisotopic (exact) mass is 394 g/mol. The van der Waals surface area contributed by atoms with Crippen LogP contribution in [0.4, 0.5) is 5.69 Å². The van der Waals surface area contributed by atoms with Gasteiger partial charge in [0.1, 0.15) is 22.2 Å². The average Bonchev–Trinajstić information content (AvgIpc) is 3.27. The van der Waals surface area contributed by atoms with E-state index in [0.29, 0.717) is 27.5 Å². The molecule has 3 aromatic rings. The van der Waals surface area contributed by atoms with Crippen molar-refractivity contribution in [2.75, 3.05) is 11.9 Å². The molecule has 1 N–H and O–H groups in total. The van der Waals surface area contributed by atoms with E-state index >= 15 is 0 Å². The zero-order chi connectivity index (χ0) is 19.7. The molecule has 1 unspecified atom stereocenters. The largest absolute Gasteiger partial charge is 0.451 e. The number of esters is 1. The Morgan fingerprint density at radius 1 is 1.39 bits per heavy atom. The third-order valence-electron chi connectivity index (χ3n) is 4.83. The molecule has 142 valence electrons. The first-order valence-electron chi connectivity index (χ1n) is 9.05. The minimum atomic E-state index is -0.522. The summed E-state index contributed by atoms with van der Waals surface area (Å²) in [6.45, 7) is 1.78. The molecule has 4 rings (SSSR count). The van der Waals surface area contributed by atoms with E-state index in [0.717, 1.165) is 19.3 Å². The van der Waals surface area contributed by atoms with Crippen molar-refractivity contribution in [2.45, 2.75) is 26.2 Å². The second-order valence-electron chi connectivity index (χ2n) is 6.95. The summed E-state index contributed by atoms with van der Waals surface area (Å²) in [5, 5.41) is 12.5. The molecule has 1 aliphatic carbocycles. The van der Waals surface area contributed by atoms with Crippen molar-refractivity contribution in [1.82, 2.24) is 0 Å². The van der Waals surface area contributed by atoms with Crippen LogP contribution in [0.15, 0.2) is 34.7 Å². The number of furan rings is 1. The van der Waals surface area contributed by atoms with E-state index in [2.05, 4.69) is 12.2 Å². The Hall–Kier alpha value is -3.11. The lowest BCUT2D eigenvalue weighted by Gasteiger charge is -2.16. The van der Waals surface area contributed by atoms with Gasteiger partial charge in [0, 0.05) is 10.3 Å². The molecule has 0 saturated heterocycles. The fourth-order valence-corrected chi connectivity index (χ4v) is 4.53. The third kappa shape index (κ3) is 3.51. The highest BCUT2D eigenvalue weighted by atomic mass is 32.1. The lowest BCUT2D eigenvalue weighted by Crippen LogP contribution is -2.20. The molecular weight excluding hydrogens is 376 g/mol. The van der Waals surface area contributed by atoms with Crippen molar-refractivity contribution in [3.05, 3.63) is 51.4 Å². The van der Waals surface area contributed by atoms with Gasteiger partial charge < -0.3 is 14.5 Å². The summed E-state index contributed by atoms with van der Waals surface area (Å²) in [6, 6.07) is 10.8. The van der Waals surface area contributed by atoms with E-state index in [-0.39, 0.29) is 5.76 Å². The van der Waals surface area contributed by atoms with Crippen LogP contribution in [0.1, 0.15) is 39.2 Å². The Bertz CT molecular complexity index is 1110. The van der Waals surface area contributed by atoms with E-state index in [1.165, 1.54) is 21.8 Å². The molecule has 0 spiro atoms. The Balaban J connectivity index is 1.41. The lowest BCUT2D eigenvalue weighted by atomic mass is 9.90. The van der Waals surface area contributed by atoms with Crippen molar-refractivity contribution < 1.29 is 18.7 Å².